The molecule has 0 aliphatic rings. The first kappa shape index (κ1) is 39.3. The summed E-state index contributed by atoms with van der Waals surface area (Å²) in [7, 11) is 2.00. The monoisotopic (exact) mass is 627 g/mol. The Balaban J connectivity index is 0.000000280. The van der Waals surface area contributed by atoms with Crippen LogP contribution in [0.25, 0.3) is 32.2 Å². The maximum atomic E-state index is 5.72. The van der Waals surface area contributed by atoms with Crippen molar-refractivity contribution in [2.24, 2.45) is 23.3 Å². The third-order valence-corrected chi connectivity index (χ3v) is 5.36. The van der Waals surface area contributed by atoms with Crippen molar-refractivity contribution in [1.82, 2.24) is 19.5 Å². The minimum Gasteiger partial charge on any atom is -0.398 e. The van der Waals surface area contributed by atoms with E-state index in [1.807, 2.05) is 90.2 Å². The zero-order valence-corrected chi connectivity index (χ0v) is 30.8. The normalized spacial score (nSPS) is 10.9. The topological polar surface area (TPSA) is 69.6 Å². The Bertz CT molecular complexity index is 1580. The number of pyridine rings is 1. The number of para-hydroxylation sites is 4. The Kier molecular flexibility index (Phi) is 15.9. The molecule has 244 valence electrons. The van der Waals surface area contributed by atoms with E-state index in [1.54, 1.807) is 17.5 Å². The van der Waals surface area contributed by atoms with Gasteiger partial charge in [-0.15, -0.1) is 11.3 Å². The predicted octanol–water partition coefficient (Wildman–Crippen LogP) is 11.8. The van der Waals surface area contributed by atoms with Gasteiger partial charge in [-0.1, -0.05) is 126 Å². The molecule has 0 unspecified atom stereocenters. The SMILES string of the molecule is CC(C)(C)C.CC(C)(C)C.CC(C)(C)C.Cn1cnc2ccccc21.Nc1ccnc2ccccc12.c1ccc2scnc2c1. The lowest BCUT2D eigenvalue weighted by Gasteiger charge is -2.05. The third kappa shape index (κ3) is 20.0. The molecule has 0 amide bonds. The van der Waals surface area contributed by atoms with Gasteiger partial charge in [-0.25, -0.2) is 9.97 Å². The maximum Gasteiger partial charge on any atom is 0.0955 e. The van der Waals surface area contributed by atoms with Crippen molar-refractivity contribution in [2.75, 3.05) is 5.73 Å². The van der Waals surface area contributed by atoms with Crippen molar-refractivity contribution in [1.29, 1.82) is 0 Å². The Morgan fingerprint density at radius 1 is 0.556 bits per heavy atom. The standard InChI is InChI=1S/C9H8N2.C8H8N2.C7H5NS.3C5H12/c10-8-5-6-11-9-4-2-1-3-7(8)9;1-10-6-9-7-4-2-3-5-8(7)10;1-2-4-7-6(3-1)8-5-9-7;3*1-5(2,3)4/h1-6H,(H2,10,11);2-6H,1H3;1-5H;3*1-4H3. The van der Waals surface area contributed by atoms with Gasteiger partial charge < -0.3 is 10.3 Å². The summed E-state index contributed by atoms with van der Waals surface area (Å²) in [6.07, 6.45) is 3.54. The zero-order chi connectivity index (χ0) is 34.3. The molecule has 0 fully saturated rings. The number of aryl methyl sites for hydroxylation is 1. The number of thiazole rings is 1. The average molecular weight is 628 g/mol. The van der Waals surface area contributed by atoms with Crippen molar-refractivity contribution in [3.8, 4) is 0 Å². The number of benzene rings is 3. The second kappa shape index (κ2) is 18.3. The average Bonchev–Trinajstić information content (AvgIpc) is 3.54. The summed E-state index contributed by atoms with van der Waals surface area (Å²) in [6, 6.07) is 25.8. The molecular weight excluding hydrogens is 571 g/mol. The molecule has 3 aromatic heterocycles. The summed E-state index contributed by atoms with van der Waals surface area (Å²) >= 11 is 1.68. The number of hydrogen-bond acceptors (Lipinski definition) is 5. The quantitative estimate of drug-likeness (QED) is 0.182. The number of fused-ring (bicyclic) bond motifs is 3. The first-order valence-corrected chi connectivity index (χ1v) is 16.3. The van der Waals surface area contributed by atoms with Gasteiger partial charge in [0.25, 0.3) is 0 Å². The first-order valence-electron chi connectivity index (χ1n) is 15.5. The molecule has 6 rings (SSSR count). The predicted molar refractivity (Wildman–Crippen MR) is 202 cm³/mol. The van der Waals surface area contributed by atoms with Crippen LogP contribution in [0.5, 0.6) is 0 Å². The second-order valence-corrected chi connectivity index (χ2v) is 16.5. The summed E-state index contributed by atoms with van der Waals surface area (Å²) in [5.74, 6) is 0. The summed E-state index contributed by atoms with van der Waals surface area (Å²) in [4.78, 5) is 12.5. The van der Waals surface area contributed by atoms with Gasteiger partial charge in [0.1, 0.15) is 0 Å². The lowest BCUT2D eigenvalue weighted by Crippen LogP contribution is -1.93. The zero-order valence-electron chi connectivity index (χ0n) is 30.0. The second-order valence-electron chi connectivity index (χ2n) is 15.6. The number of anilines is 1. The van der Waals surface area contributed by atoms with Crippen LogP contribution < -0.4 is 5.73 Å². The lowest BCUT2D eigenvalue weighted by atomic mass is 10.0. The smallest absolute Gasteiger partial charge is 0.0955 e. The fourth-order valence-electron chi connectivity index (χ4n) is 3.00. The van der Waals surface area contributed by atoms with Gasteiger partial charge in [0.15, 0.2) is 0 Å². The highest BCUT2D eigenvalue weighted by Gasteiger charge is 1.97. The Morgan fingerprint density at radius 3 is 1.53 bits per heavy atom. The van der Waals surface area contributed by atoms with E-state index < -0.39 is 0 Å². The summed E-state index contributed by atoms with van der Waals surface area (Å²) in [5, 5.41) is 1.02. The van der Waals surface area contributed by atoms with Crippen LogP contribution in [0.1, 0.15) is 83.1 Å². The number of nitrogens with zero attached hydrogens (tertiary/aromatic N) is 4. The fraction of sp³-hybridized carbons (Fsp3) is 0.410. The van der Waals surface area contributed by atoms with Gasteiger partial charge in [0, 0.05) is 24.3 Å². The van der Waals surface area contributed by atoms with Crippen molar-refractivity contribution < 1.29 is 0 Å². The van der Waals surface area contributed by atoms with Crippen molar-refractivity contribution >= 4 is 49.2 Å². The molecule has 3 heterocycles. The summed E-state index contributed by atoms with van der Waals surface area (Å²) in [5.41, 5.74) is 14.2. The number of nitrogen functional groups attached to an aromatic ring is 1. The molecule has 0 saturated carbocycles. The van der Waals surface area contributed by atoms with Crippen LogP contribution >= 0.6 is 11.3 Å². The summed E-state index contributed by atoms with van der Waals surface area (Å²) < 4.78 is 3.27. The molecule has 0 radical (unpaired) electrons. The van der Waals surface area contributed by atoms with Gasteiger partial charge in [0.2, 0.25) is 0 Å². The first-order chi connectivity index (χ1) is 20.7. The highest BCUT2D eigenvalue weighted by atomic mass is 32.1. The number of aromatic nitrogens is 4. The van der Waals surface area contributed by atoms with Crippen LogP contribution in [0.15, 0.2) is 96.9 Å². The molecule has 5 nitrogen and oxygen atoms in total. The molecule has 0 spiro atoms. The van der Waals surface area contributed by atoms with Crippen LogP contribution in [-0.4, -0.2) is 19.5 Å². The molecule has 0 aliphatic carbocycles. The van der Waals surface area contributed by atoms with E-state index >= 15 is 0 Å². The van der Waals surface area contributed by atoms with E-state index in [-0.39, 0.29) is 0 Å². The molecule has 0 atom stereocenters. The van der Waals surface area contributed by atoms with Crippen LogP contribution in [0.4, 0.5) is 5.69 Å². The highest BCUT2D eigenvalue weighted by Crippen LogP contribution is 2.17. The summed E-state index contributed by atoms with van der Waals surface area (Å²) in [6.45, 7) is 26.2. The van der Waals surface area contributed by atoms with Gasteiger partial charge >= 0.3 is 0 Å². The molecule has 2 N–H and O–H groups in total. The molecular formula is C39H57N5S. The third-order valence-electron chi connectivity index (χ3n) is 4.55. The Hall–Kier alpha value is -3.77. The fourth-order valence-corrected chi connectivity index (χ4v) is 3.68. The molecule has 6 heteroatoms. The largest absolute Gasteiger partial charge is 0.398 e. The van der Waals surface area contributed by atoms with E-state index in [0.29, 0.717) is 16.2 Å². The molecule has 45 heavy (non-hydrogen) atoms. The molecule has 0 saturated heterocycles. The molecule has 0 aliphatic heterocycles. The van der Waals surface area contributed by atoms with E-state index in [1.165, 1.54) is 10.2 Å². The number of rotatable bonds is 0. The van der Waals surface area contributed by atoms with E-state index in [0.717, 1.165) is 27.6 Å². The van der Waals surface area contributed by atoms with Crippen molar-refractivity contribution in [3.05, 3.63) is 96.9 Å². The Labute approximate surface area is 277 Å². The van der Waals surface area contributed by atoms with Crippen LogP contribution in [0.3, 0.4) is 0 Å². The van der Waals surface area contributed by atoms with Gasteiger partial charge in [-0.05, 0) is 52.6 Å². The van der Waals surface area contributed by atoms with E-state index in [4.69, 9.17) is 5.73 Å². The van der Waals surface area contributed by atoms with E-state index in [9.17, 15) is 0 Å². The molecule has 0 bridgehead atoms. The molecule has 6 aromatic rings. The maximum absolute atomic E-state index is 5.72. The number of nitrogens with two attached hydrogens (primary N) is 1. The van der Waals surface area contributed by atoms with Gasteiger partial charge in [0.05, 0.1) is 38.6 Å². The van der Waals surface area contributed by atoms with E-state index in [2.05, 4.69) is 110 Å². The van der Waals surface area contributed by atoms with Crippen molar-refractivity contribution in [2.45, 2.75) is 83.1 Å². The Morgan fingerprint density at radius 2 is 1.02 bits per heavy atom. The van der Waals surface area contributed by atoms with Crippen LogP contribution in [-0.2, 0) is 7.05 Å². The van der Waals surface area contributed by atoms with Crippen LogP contribution in [0.2, 0.25) is 0 Å². The van der Waals surface area contributed by atoms with Crippen LogP contribution in [0, 0.1) is 16.2 Å². The minimum atomic E-state index is 0.500. The lowest BCUT2D eigenvalue weighted by molar-refractivity contribution is 0.469. The number of hydrogen-bond donors (Lipinski definition) is 1. The number of imidazole rings is 1. The highest BCUT2D eigenvalue weighted by molar-refractivity contribution is 7.16. The van der Waals surface area contributed by atoms with Crippen molar-refractivity contribution in [3.63, 3.8) is 0 Å². The van der Waals surface area contributed by atoms with Gasteiger partial charge in [-0.2, -0.15) is 0 Å². The molecule has 3 aromatic carbocycles. The minimum absolute atomic E-state index is 0.500. The van der Waals surface area contributed by atoms with Gasteiger partial charge in [-0.3, -0.25) is 4.98 Å².